The van der Waals surface area contributed by atoms with E-state index in [0.717, 1.165) is 22.4 Å². The molecule has 1 aromatic heterocycles. The maximum atomic E-state index is 12.2. The fraction of sp³-hybridized carbons (Fsp3) is 0.278. The molecule has 5 nitrogen and oxygen atoms in total. The smallest absolute Gasteiger partial charge is 0.231 e. The highest BCUT2D eigenvalue weighted by atomic mass is 32.1. The minimum absolute atomic E-state index is 0.0132. The van der Waals surface area contributed by atoms with Gasteiger partial charge in [-0.2, -0.15) is 11.3 Å². The summed E-state index contributed by atoms with van der Waals surface area (Å²) < 4.78 is 0. The third-order valence-electron chi connectivity index (χ3n) is 4.76. The second-order valence-corrected chi connectivity index (χ2v) is 7.20. The largest absolute Gasteiger partial charge is 0.369 e. The van der Waals surface area contributed by atoms with Crippen molar-refractivity contribution in [2.75, 3.05) is 7.05 Å². The van der Waals surface area contributed by atoms with Gasteiger partial charge in [-0.05, 0) is 29.5 Å². The monoisotopic (exact) mass is 338 g/mol. The Morgan fingerprint density at radius 1 is 1.33 bits per heavy atom. The van der Waals surface area contributed by atoms with Gasteiger partial charge in [0, 0.05) is 23.6 Å². The van der Waals surface area contributed by atoms with Crippen molar-refractivity contribution in [3.05, 3.63) is 57.3 Å². The van der Waals surface area contributed by atoms with Crippen LogP contribution in [0.2, 0.25) is 0 Å². The molecule has 0 bridgehead atoms. The molecule has 0 aliphatic carbocycles. The topological polar surface area (TPSA) is 71.0 Å². The van der Waals surface area contributed by atoms with Crippen LogP contribution in [0.4, 0.5) is 0 Å². The molecule has 0 saturated carbocycles. The molecular formula is C18H18N4OS. The zero-order valence-corrected chi connectivity index (χ0v) is 14.4. The van der Waals surface area contributed by atoms with Gasteiger partial charge >= 0.3 is 0 Å². The van der Waals surface area contributed by atoms with E-state index in [2.05, 4.69) is 38.9 Å². The van der Waals surface area contributed by atoms with Crippen molar-refractivity contribution >= 4 is 28.9 Å². The van der Waals surface area contributed by atoms with Crippen LogP contribution in [-0.4, -0.2) is 29.5 Å². The SMILES string of the molecule is CN1C(=O)C[C@@](C)(c2ccc3c(c2)CN=C3c2ccsc2)N=C1N. The second-order valence-electron chi connectivity index (χ2n) is 6.42. The van der Waals surface area contributed by atoms with E-state index in [9.17, 15) is 4.79 Å². The molecule has 0 fully saturated rings. The van der Waals surface area contributed by atoms with Gasteiger partial charge < -0.3 is 5.73 Å². The zero-order valence-electron chi connectivity index (χ0n) is 13.6. The Morgan fingerprint density at radius 2 is 2.17 bits per heavy atom. The van der Waals surface area contributed by atoms with E-state index in [-0.39, 0.29) is 11.9 Å². The Bertz CT molecular complexity index is 884. The number of rotatable bonds is 2. The van der Waals surface area contributed by atoms with Crippen LogP contribution in [0, 0.1) is 0 Å². The molecule has 2 aromatic rings. The summed E-state index contributed by atoms with van der Waals surface area (Å²) in [5, 5.41) is 4.18. The number of thiophene rings is 1. The molecule has 24 heavy (non-hydrogen) atoms. The van der Waals surface area contributed by atoms with Crippen molar-refractivity contribution < 1.29 is 4.79 Å². The van der Waals surface area contributed by atoms with E-state index in [0.29, 0.717) is 13.0 Å². The number of fused-ring (bicyclic) bond motifs is 1. The Labute approximate surface area is 144 Å². The van der Waals surface area contributed by atoms with Gasteiger partial charge in [-0.25, -0.2) is 4.99 Å². The normalized spacial score (nSPS) is 23.1. The first-order valence-corrected chi connectivity index (χ1v) is 8.75. The zero-order chi connectivity index (χ0) is 16.9. The Kier molecular flexibility index (Phi) is 3.31. The molecule has 2 aliphatic rings. The molecule has 122 valence electrons. The number of carbonyl (C=O) groups is 1. The molecule has 0 radical (unpaired) electrons. The maximum absolute atomic E-state index is 12.2. The molecule has 2 aliphatic heterocycles. The summed E-state index contributed by atoms with van der Waals surface area (Å²) in [6, 6.07) is 8.34. The lowest BCUT2D eigenvalue weighted by Gasteiger charge is -2.33. The summed E-state index contributed by atoms with van der Waals surface area (Å²) in [6.45, 7) is 2.62. The highest BCUT2D eigenvalue weighted by Gasteiger charge is 2.36. The fourth-order valence-corrected chi connectivity index (χ4v) is 3.90. The van der Waals surface area contributed by atoms with Crippen molar-refractivity contribution in [1.29, 1.82) is 0 Å². The minimum atomic E-state index is -0.617. The van der Waals surface area contributed by atoms with Crippen molar-refractivity contribution in [1.82, 2.24) is 4.90 Å². The molecule has 6 heteroatoms. The lowest BCUT2D eigenvalue weighted by atomic mass is 9.85. The number of carbonyl (C=O) groups excluding carboxylic acids is 1. The van der Waals surface area contributed by atoms with E-state index in [1.54, 1.807) is 18.4 Å². The van der Waals surface area contributed by atoms with Crippen molar-refractivity contribution in [3.8, 4) is 0 Å². The Hall–Kier alpha value is -2.47. The lowest BCUT2D eigenvalue weighted by molar-refractivity contribution is -0.128. The molecule has 3 heterocycles. The summed E-state index contributed by atoms with van der Waals surface area (Å²) in [6.07, 6.45) is 0.321. The van der Waals surface area contributed by atoms with Crippen LogP contribution in [0.25, 0.3) is 0 Å². The van der Waals surface area contributed by atoms with Crippen LogP contribution in [-0.2, 0) is 16.9 Å². The number of benzene rings is 1. The molecule has 0 saturated heterocycles. The van der Waals surface area contributed by atoms with E-state index in [4.69, 9.17) is 5.73 Å². The Balaban J connectivity index is 1.72. The van der Waals surface area contributed by atoms with E-state index < -0.39 is 5.54 Å². The van der Waals surface area contributed by atoms with E-state index in [1.165, 1.54) is 10.5 Å². The Morgan fingerprint density at radius 3 is 2.88 bits per heavy atom. The van der Waals surface area contributed by atoms with E-state index >= 15 is 0 Å². The fourth-order valence-electron chi connectivity index (χ4n) is 3.26. The van der Waals surface area contributed by atoms with Crippen molar-refractivity contribution in [3.63, 3.8) is 0 Å². The third-order valence-corrected chi connectivity index (χ3v) is 5.44. The second kappa shape index (κ2) is 5.27. The quantitative estimate of drug-likeness (QED) is 0.914. The van der Waals surface area contributed by atoms with Gasteiger partial charge in [0.25, 0.3) is 0 Å². The molecule has 4 rings (SSSR count). The predicted molar refractivity (Wildman–Crippen MR) is 96.5 cm³/mol. The van der Waals surface area contributed by atoms with Gasteiger partial charge in [-0.15, -0.1) is 0 Å². The summed E-state index contributed by atoms with van der Waals surface area (Å²) in [5.41, 5.74) is 10.9. The van der Waals surface area contributed by atoms with Gasteiger partial charge in [0.05, 0.1) is 24.2 Å². The van der Waals surface area contributed by atoms with Crippen LogP contribution in [0.5, 0.6) is 0 Å². The van der Waals surface area contributed by atoms with Crippen molar-refractivity contribution in [2.45, 2.75) is 25.4 Å². The van der Waals surface area contributed by atoms with Crippen LogP contribution < -0.4 is 5.73 Å². The number of nitrogens with zero attached hydrogens (tertiary/aromatic N) is 3. The predicted octanol–water partition coefficient (Wildman–Crippen LogP) is 2.49. The average Bonchev–Trinajstić information content (AvgIpc) is 3.20. The molecule has 0 spiro atoms. The number of guanidine groups is 1. The number of aliphatic imine (C=N–C) groups is 2. The van der Waals surface area contributed by atoms with Crippen molar-refractivity contribution in [2.24, 2.45) is 15.7 Å². The average molecular weight is 338 g/mol. The van der Waals surface area contributed by atoms with Crippen LogP contribution in [0.1, 0.15) is 35.6 Å². The molecule has 1 atom stereocenters. The molecular weight excluding hydrogens is 320 g/mol. The van der Waals surface area contributed by atoms with Gasteiger partial charge in [0.15, 0.2) is 5.96 Å². The molecule has 0 unspecified atom stereocenters. The molecule has 1 aromatic carbocycles. The van der Waals surface area contributed by atoms with Gasteiger partial charge in [0.2, 0.25) is 5.91 Å². The number of hydrogen-bond acceptors (Lipinski definition) is 5. The van der Waals surface area contributed by atoms with E-state index in [1.807, 2.05) is 13.0 Å². The standard InChI is InChI=1S/C18H18N4OS/c1-18(8-15(23)22(2)17(19)21-18)13-3-4-14-12(7-13)9-20-16(14)11-5-6-24-10-11/h3-7,10H,8-9H2,1-2H3,(H2,19,21)/t18-/m0/s1. The first-order chi connectivity index (χ1) is 11.5. The summed E-state index contributed by atoms with van der Waals surface area (Å²) in [5.74, 6) is 0.255. The highest BCUT2D eigenvalue weighted by molar-refractivity contribution is 7.08. The first-order valence-electron chi connectivity index (χ1n) is 7.81. The third kappa shape index (κ3) is 2.26. The van der Waals surface area contributed by atoms with Crippen LogP contribution in [0.15, 0.2) is 45.0 Å². The molecule has 1 amide bonds. The summed E-state index contributed by atoms with van der Waals surface area (Å²) in [4.78, 5) is 22.8. The van der Waals surface area contributed by atoms with Crippen LogP contribution >= 0.6 is 11.3 Å². The van der Waals surface area contributed by atoms with Gasteiger partial charge in [-0.3, -0.25) is 14.7 Å². The summed E-state index contributed by atoms with van der Waals surface area (Å²) in [7, 11) is 1.66. The highest BCUT2D eigenvalue weighted by Crippen LogP contribution is 2.35. The first kappa shape index (κ1) is 15.1. The summed E-state index contributed by atoms with van der Waals surface area (Å²) >= 11 is 1.67. The minimum Gasteiger partial charge on any atom is -0.369 e. The maximum Gasteiger partial charge on any atom is 0.231 e. The number of nitrogens with two attached hydrogens (primary N) is 1. The van der Waals surface area contributed by atoms with Gasteiger partial charge in [0.1, 0.15) is 0 Å². The van der Waals surface area contributed by atoms with Gasteiger partial charge in [-0.1, -0.05) is 18.2 Å². The van der Waals surface area contributed by atoms with Crippen LogP contribution in [0.3, 0.4) is 0 Å². The number of amides is 1. The lowest BCUT2D eigenvalue weighted by Crippen LogP contribution is -2.47. The number of hydrogen-bond donors (Lipinski definition) is 1. The molecule has 2 N–H and O–H groups in total.